The fourth-order valence-electron chi connectivity index (χ4n) is 1.03. The van der Waals surface area contributed by atoms with Crippen LogP contribution >= 0.6 is 37.8 Å². The number of carbonyl (C=O) groups is 1. The Hall–Kier alpha value is -0.340. The molecular formula is C8H5BrClF5OS. The van der Waals surface area contributed by atoms with Gasteiger partial charge >= 0.3 is 10.2 Å². The van der Waals surface area contributed by atoms with Crippen molar-refractivity contribution in [3.8, 4) is 0 Å². The van der Waals surface area contributed by atoms with Crippen LogP contribution in [-0.2, 0) is 0 Å². The minimum Gasteiger partial charge on any atom is -0.293 e. The third-order valence-electron chi connectivity index (χ3n) is 1.81. The molecule has 17 heavy (non-hydrogen) atoms. The largest absolute Gasteiger partial charge is 0.310 e. The van der Waals surface area contributed by atoms with Crippen LogP contribution in [0.25, 0.3) is 0 Å². The van der Waals surface area contributed by atoms with Crippen LogP contribution in [0.15, 0.2) is 23.1 Å². The summed E-state index contributed by atoms with van der Waals surface area (Å²) in [5, 5.41) is -0.817. The van der Waals surface area contributed by atoms with E-state index in [1.54, 1.807) is 0 Å². The van der Waals surface area contributed by atoms with E-state index in [1.165, 1.54) is 0 Å². The van der Waals surface area contributed by atoms with Crippen LogP contribution in [-0.4, -0.2) is 11.1 Å². The second-order valence-corrected chi connectivity index (χ2v) is 6.54. The Kier molecular flexibility index (Phi) is 3.10. The zero-order valence-electron chi connectivity index (χ0n) is 7.90. The van der Waals surface area contributed by atoms with Crippen molar-refractivity contribution in [3.05, 3.63) is 28.8 Å². The highest BCUT2D eigenvalue weighted by atomic mass is 79.9. The van der Waals surface area contributed by atoms with Crippen LogP contribution in [0.5, 0.6) is 0 Å². The summed E-state index contributed by atoms with van der Waals surface area (Å²) in [6, 6.07) is 0.863. The first-order valence-corrected chi connectivity index (χ1v) is 7.43. The Morgan fingerprint density at radius 3 is 2.12 bits per heavy atom. The molecule has 1 rings (SSSR count). The molecule has 0 radical (unpaired) electrons. The molecular weight excluding hydrogens is 355 g/mol. The Labute approximate surface area is 107 Å². The minimum atomic E-state index is -9.74. The van der Waals surface area contributed by atoms with Gasteiger partial charge in [0, 0.05) is 5.56 Å². The van der Waals surface area contributed by atoms with Crippen molar-refractivity contribution in [3.63, 3.8) is 0 Å². The normalized spacial score (nSPS) is 16.2. The van der Waals surface area contributed by atoms with E-state index in [-0.39, 0.29) is 23.0 Å². The van der Waals surface area contributed by atoms with Gasteiger partial charge in [-0.3, -0.25) is 4.79 Å². The van der Waals surface area contributed by atoms with E-state index >= 15 is 0 Å². The molecule has 0 atom stereocenters. The Balaban J connectivity index is 3.39. The highest BCUT2D eigenvalue weighted by Gasteiger charge is 2.65. The number of carbonyl (C=O) groups excluding carboxylic acids is 1. The van der Waals surface area contributed by atoms with E-state index in [0.29, 0.717) is 6.07 Å². The summed E-state index contributed by atoms with van der Waals surface area (Å²) in [5.41, 5.74) is -0.242. The molecule has 0 amide bonds. The summed E-state index contributed by atoms with van der Waals surface area (Å²) in [6.45, 7) is 0. The lowest BCUT2D eigenvalue weighted by Crippen LogP contribution is -2.08. The van der Waals surface area contributed by atoms with Gasteiger partial charge in [0.15, 0.2) is 5.78 Å². The van der Waals surface area contributed by atoms with Crippen molar-refractivity contribution in [2.45, 2.75) is 4.90 Å². The lowest BCUT2D eigenvalue weighted by Gasteiger charge is -2.40. The van der Waals surface area contributed by atoms with Crippen molar-refractivity contribution in [2.75, 3.05) is 5.33 Å². The molecule has 98 valence electrons. The van der Waals surface area contributed by atoms with Gasteiger partial charge in [-0.1, -0.05) is 47.0 Å². The molecule has 0 aliphatic carbocycles. The Morgan fingerprint density at radius 1 is 1.24 bits per heavy atom. The standard InChI is InChI=1S/C8H5BrClF5OS/c9-4-8(16)6-2-1-5(3-7(6)10)17(11,12,13,14)15/h1-3H,4H2. The summed E-state index contributed by atoms with van der Waals surface area (Å²) in [5.74, 6) is -0.594. The summed E-state index contributed by atoms with van der Waals surface area (Å²) in [4.78, 5) is 9.05. The molecule has 0 saturated heterocycles. The number of alkyl halides is 1. The van der Waals surface area contributed by atoms with Gasteiger partial charge in [-0.15, -0.1) is 0 Å². The van der Waals surface area contributed by atoms with Crippen LogP contribution < -0.4 is 0 Å². The van der Waals surface area contributed by atoms with Gasteiger partial charge in [0.25, 0.3) is 0 Å². The van der Waals surface area contributed by atoms with Crippen molar-refractivity contribution < 1.29 is 24.2 Å². The third kappa shape index (κ3) is 3.56. The lowest BCUT2D eigenvalue weighted by atomic mass is 10.1. The van der Waals surface area contributed by atoms with Gasteiger partial charge in [-0.2, -0.15) is 0 Å². The van der Waals surface area contributed by atoms with Crippen LogP contribution in [0.4, 0.5) is 19.4 Å². The van der Waals surface area contributed by atoms with E-state index in [0.717, 1.165) is 0 Å². The van der Waals surface area contributed by atoms with Gasteiger partial charge in [-0.05, 0) is 18.2 Å². The summed E-state index contributed by atoms with van der Waals surface area (Å²) in [6.07, 6.45) is 0. The highest BCUT2D eigenvalue weighted by Crippen LogP contribution is 3.02. The average molecular weight is 360 g/mol. The fourth-order valence-corrected chi connectivity index (χ4v) is 2.35. The van der Waals surface area contributed by atoms with E-state index in [2.05, 4.69) is 15.9 Å². The van der Waals surface area contributed by atoms with Gasteiger partial charge < -0.3 is 0 Å². The molecule has 0 aliphatic heterocycles. The molecule has 0 N–H and O–H groups in total. The van der Waals surface area contributed by atoms with Gasteiger partial charge in [0.05, 0.1) is 10.4 Å². The predicted octanol–water partition coefficient (Wildman–Crippen LogP) is 5.58. The molecule has 0 aliphatic rings. The second kappa shape index (κ2) is 3.58. The molecule has 0 saturated carbocycles. The summed E-state index contributed by atoms with van der Waals surface area (Å²) in [7, 11) is -9.74. The van der Waals surface area contributed by atoms with E-state index in [4.69, 9.17) is 11.6 Å². The maximum absolute atomic E-state index is 12.4. The number of halogens is 7. The van der Waals surface area contributed by atoms with Gasteiger partial charge in [0.2, 0.25) is 0 Å². The second-order valence-electron chi connectivity index (χ2n) is 3.17. The molecule has 0 unspecified atom stereocenters. The van der Waals surface area contributed by atoms with Crippen molar-refractivity contribution in [1.29, 1.82) is 0 Å². The quantitative estimate of drug-likeness (QED) is 0.391. The van der Waals surface area contributed by atoms with E-state index in [1.807, 2.05) is 0 Å². The molecule has 1 aromatic carbocycles. The van der Waals surface area contributed by atoms with Crippen LogP contribution in [0, 0.1) is 0 Å². The summed E-state index contributed by atoms with van der Waals surface area (Å²) >= 11 is 8.17. The first kappa shape index (κ1) is 14.7. The predicted molar refractivity (Wildman–Crippen MR) is 61.0 cm³/mol. The average Bonchev–Trinajstić information content (AvgIpc) is 2.13. The van der Waals surface area contributed by atoms with E-state index < -0.39 is 25.9 Å². The molecule has 0 spiro atoms. The lowest BCUT2D eigenvalue weighted by molar-refractivity contribution is 0.102. The molecule has 0 heterocycles. The van der Waals surface area contributed by atoms with Crippen LogP contribution in [0.1, 0.15) is 10.4 Å². The Morgan fingerprint density at radius 2 is 1.76 bits per heavy atom. The van der Waals surface area contributed by atoms with Crippen LogP contribution in [0.2, 0.25) is 5.02 Å². The molecule has 0 bridgehead atoms. The maximum Gasteiger partial charge on any atom is 0.310 e. The first-order chi connectivity index (χ1) is 7.35. The Bertz CT molecular complexity index is 486. The fraction of sp³-hybridized carbons (Fsp3) is 0.125. The minimum absolute atomic E-state index is 0.0685. The van der Waals surface area contributed by atoms with Gasteiger partial charge in [-0.25, -0.2) is 0 Å². The van der Waals surface area contributed by atoms with Crippen molar-refractivity contribution in [1.82, 2.24) is 0 Å². The number of hydrogen-bond acceptors (Lipinski definition) is 1. The first-order valence-electron chi connectivity index (χ1n) is 3.98. The SMILES string of the molecule is O=C(CBr)c1ccc(S(F)(F)(F)(F)F)cc1Cl. The molecule has 9 heteroatoms. The number of hydrogen-bond donors (Lipinski definition) is 0. The molecule has 0 aromatic heterocycles. The van der Waals surface area contributed by atoms with Crippen molar-refractivity contribution >= 4 is 43.5 Å². The topological polar surface area (TPSA) is 17.1 Å². The molecule has 0 fully saturated rings. The zero-order chi connectivity index (χ0) is 13.5. The number of ketones is 1. The maximum atomic E-state index is 12.4. The van der Waals surface area contributed by atoms with Crippen LogP contribution in [0.3, 0.4) is 0 Å². The van der Waals surface area contributed by atoms with E-state index in [9.17, 15) is 24.2 Å². The number of Topliss-reactive ketones (excluding diaryl/α,β-unsaturated/α-hetero) is 1. The third-order valence-corrected chi connectivity index (χ3v) is 3.77. The number of benzene rings is 1. The zero-order valence-corrected chi connectivity index (χ0v) is 11.1. The highest BCUT2D eigenvalue weighted by molar-refractivity contribution is 9.09. The molecule has 1 aromatic rings. The smallest absolute Gasteiger partial charge is 0.293 e. The monoisotopic (exact) mass is 358 g/mol. The molecule has 1 nitrogen and oxygen atoms in total. The summed E-state index contributed by atoms with van der Waals surface area (Å²) < 4.78 is 61.9. The van der Waals surface area contributed by atoms with Gasteiger partial charge in [0.1, 0.15) is 4.90 Å². The number of rotatable bonds is 3. The van der Waals surface area contributed by atoms with Crippen molar-refractivity contribution in [2.24, 2.45) is 0 Å².